The van der Waals surface area contributed by atoms with Gasteiger partial charge < -0.3 is 14.8 Å². The lowest BCUT2D eigenvalue weighted by molar-refractivity contribution is -0.190. The van der Waals surface area contributed by atoms with Crippen LogP contribution in [0.5, 0.6) is 11.5 Å². The first-order chi connectivity index (χ1) is 16.8. The molecule has 12 heteroatoms. The molecule has 0 bridgehead atoms. The molecule has 1 heterocycles. The van der Waals surface area contributed by atoms with Crippen molar-refractivity contribution in [1.29, 1.82) is 5.26 Å². The number of carbonyl (C=O) groups is 1. The highest BCUT2D eigenvalue weighted by Crippen LogP contribution is 2.48. The lowest BCUT2D eigenvalue weighted by Gasteiger charge is -2.41. The molecule has 0 radical (unpaired) electrons. The maximum Gasteiger partial charge on any atom is 0.419 e. The van der Waals surface area contributed by atoms with Crippen molar-refractivity contribution >= 4 is 11.5 Å². The Hall–Kier alpha value is -3.75. The second kappa shape index (κ2) is 9.72. The molecule has 3 rings (SSSR count). The summed E-state index contributed by atoms with van der Waals surface area (Å²) in [6.07, 6.45) is -10.5. The third-order valence-electron chi connectivity index (χ3n) is 5.54. The summed E-state index contributed by atoms with van der Waals surface area (Å²) in [5, 5.41) is 11.0. The highest BCUT2D eigenvalue weighted by molar-refractivity contribution is 6.05. The van der Waals surface area contributed by atoms with Crippen molar-refractivity contribution in [2.75, 3.05) is 13.7 Å². The van der Waals surface area contributed by atoms with E-state index in [0.717, 1.165) is 30.3 Å². The van der Waals surface area contributed by atoms with Crippen LogP contribution in [0.3, 0.4) is 0 Å². The number of nitrogens with zero attached hydrogens (tertiary/aromatic N) is 1. The molecule has 36 heavy (non-hydrogen) atoms. The average Bonchev–Trinajstić information content (AvgIpc) is 2.82. The van der Waals surface area contributed by atoms with Crippen LogP contribution >= 0.6 is 0 Å². The largest absolute Gasteiger partial charge is 0.497 e. The third kappa shape index (κ3) is 5.24. The van der Waals surface area contributed by atoms with E-state index < -0.39 is 47.0 Å². The van der Waals surface area contributed by atoms with E-state index in [1.807, 2.05) is 0 Å². The van der Waals surface area contributed by atoms with Crippen LogP contribution in [0.15, 0.2) is 54.6 Å². The van der Waals surface area contributed by atoms with Gasteiger partial charge in [0.05, 0.1) is 13.7 Å². The Bertz CT molecular complexity index is 1170. The number of methoxy groups -OCH3 is 1. The number of rotatable bonds is 7. The van der Waals surface area contributed by atoms with Gasteiger partial charge in [0, 0.05) is 12.0 Å². The van der Waals surface area contributed by atoms with Gasteiger partial charge in [-0.25, -0.2) is 4.39 Å². The van der Waals surface area contributed by atoms with Crippen molar-refractivity contribution in [2.45, 2.75) is 36.4 Å². The van der Waals surface area contributed by atoms with Gasteiger partial charge in [-0.1, -0.05) is 24.3 Å². The number of carbonyl (C=O) groups excluding carboxylic acids is 1. The molecule has 1 amide bonds. The van der Waals surface area contributed by atoms with Crippen LogP contribution in [-0.4, -0.2) is 37.6 Å². The number of nitriles is 1. The molecule has 0 saturated heterocycles. The fraction of sp³-hybridized carbons (Fsp3) is 0.333. The van der Waals surface area contributed by atoms with Crippen molar-refractivity contribution < 1.29 is 45.0 Å². The lowest BCUT2D eigenvalue weighted by Crippen LogP contribution is -2.62. The summed E-state index contributed by atoms with van der Waals surface area (Å²) in [6.45, 7) is -0.325. The second-order valence-corrected chi connectivity index (χ2v) is 7.91. The number of ether oxygens (including phenoxy) is 2. The molecule has 1 N–H and O–H groups in total. The van der Waals surface area contributed by atoms with Crippen LogP contribution in [0.2, 0.25) is 0 Å². The van der Waals surface area contributed by atoms with E-state index in [-0.39, 0.29) is 24.3 Å². The van der Waals surface area contributed by atoms with Gasteiger partial charge in [0.2, 0.25) is 0 Å². The molecule has 0 aliphatic carbocycles. The van der Waals surface area contributed by atoms with Crippen LogP contribution in [0.25, 0.3) is 5.57 Å². The Morgan fingerprint density at radius 3 is 2.06 bits per heavy atom. The zero-order valence-corrected chi connectivity index (χ0v) is 18.6. The SMILES string of the molecule is COc1ccc(C2=CC(c3ccc(OCCCC(F)(F)F)cc3)(C(F)(F)F)NC(=O)C2(F)C#N)cc1. The number of nitrogens with one attached hydrogen (secondary N) is 1. The van der Waals surface area contributed by atoms with Crippen molar-refractivity contribution in [2.24, 2.45) is 0 Å². The molecule has 0 aromatic heterocycles. The normalized spacial score (nSPS) is 22.3. The molecule has 1 aliphatic rings. The monoisotopic (exact) mass is 516 g/mol. The van der Waals surface area contributed by atoms with Gasteiger partial charge in [-0.3, -0.25) is 4.79 Å². The van der Waals surface area contributed by atoms with Crippen molar-refractivity contribution in [3.05, 3.63) is 65.7 Å². The molecular formula is C24H19F7N2O3. The van der Waals surface area contributed by atoms with E-state index in [2.05, 4.69) is 0 Å². The van der Waals surface area contributed by atoms with E-state index >= 15 is 4.39 Å². The maximum atomic E-state index is 15.5. The van der Waals surface area contributed by atoms with Gasteiger partial charge >= 0.3 is 12.4 Å². The summed E-state index contributed by atoms with van der Waals surface area (Å²) in [6, 6.07) is 10.3. The zero-order chi connectivity index (χ0) is 26.8. The number of hydrogen-bond acceptors (Lipinski definition) is 4. The third-order valence-corrected chi connectivity index (χ3v) is 5.54. The number of benzene rings is 2. The highest BCUT2D eigenvalue weighted by atomic mass is 19.4. The molecule has 2 aromatic rings. The Morgan fingerprint density at radius 1 is 0.972 bits per heavy atom. The van der Waals surface area contributed by atoms with Crippen molar-refractivity contribution in [3.63, 3.8) is 0 Å². The van der Waals surface area contributed by atoms with Gasteiger partial charge in [0.15, 0.2) is 5.54 Å². The lowest BCUT2D eigenvalue weighted by atomic mass is 9.76. The van der Waals surface area contributed by atoms with Gasteiger partial charge in [-0.15, -0.1) is 0 Å². The van der Waals surface area contributed by atoms with E-state index in [0.29, 0.717) is 11.8 Å². The number of hydrogen-bond donors (Lipinski definition) is 1. The number of halogens is 7. The number of alkyl halides is 7. The first-order valence-corrected chi connectivity index (χ1v) is 10.4. The zero-order valence-electron chi connectivity index (χ0n) is 18.6. The molecule has 5 nitrogen and oxygen atoms in total. The van der Waals surface area contributed by atoms with Crippen molar-refractivity contribution in [1.82, 2.24) is 5.32 Å². The second-order valence-electron chi connectivity index (χ2n) is 7.91. The molecule has 1 aliphatic heterocycles. The average molecular weight is 516 g/mol. The van der Waals surface area contributed by atoms with Crippen LogP contribution in [-0.2, 0) is 10.3 Å². The highest BCUT2D eigenvalue weighted by Gasteiger charge is 2.62. The van der Waals surface area contributed by atoms with Gasteiger partial charge in [0.1, 0.15) is 17.6 Å². The summed E-state index contributed by atoms with van der Waals surface area (Å²) in [5.41, 5.74) is -8.10. The van der Waals surface area contributed by atoms with Crippen LogP contribution in [0.4, 0.5) is 30.7 Å². The van der Waals surface area contributed by atoms with Crippen LogP contribution < -0.4 is 14.8 Å². The van der Waals surface area contributed by atoms with Gasteiger partial charge in [-0.05, 0) is 47.9 Å². The standard InChI is InChI=1S/C24H19F7N2O3/c1-35-17-7-3-15(4-8-17)19-13-22(24(29,30)31,33-20(34)21(19,25)14-32)16-5-9-18(10-6-16)36-12-2-11-23(26,27)28/h3-10,13H,2,11-12H2,1H3,(H,33,34). The predicted octanol–water partition coefficient (Wildman–Crippen LogP) is 5.62. The summed E-state index contributed by atoms with van der Waals surface area (Å²) in [4.78, 5) is 12.6. The Kier molecular flexibility index (Phi) is 7.25. The van der Waals surface area contributed by atoms with Crippen molar-refractivity contribution in [3.8, 4) is 17.6 Å². The topological polar surface area (TPSA) is 71.3 Å². The summed E-state index contributed by atoms with van der Waals surface area (Å²) in [7, 11) is 1.34. The fourth-order valence-corrected chi connectivity index (χ4v) is 3.65. The minimum Gasteiger partial charge on any atom is -0.497 e. The smallest absolute Gasteiger partial charge is 0.419 e. The minimum atomic E-state index is -5.17. The fourth-order valence-electron chi connectivity index (χ4n) is 3.65. The summed E-state index contributed by atoms with van der Waals surface area (Å²) < 4.78 is 106. The van der Waals surface area contributed by atoms with Gasteiger partial charge in [-0.2, -0.15) is 31.6 Å². The van der Waals surface area contributed by atoms with Crippen LogP contribution in [0, 0.1) is 11.3 Å². The minimum absolute atomic E-state index is 0.00314. The first-order valence-electron chi connectivity index (χ1n) is 10.4. The molecular weight excluding hydrogens is 497 g/mol. The Balaban J connectivity index is 2.03. The summed E-state index contributed by atoms with van der Waals surface area (Å²) in [5.74, 6) is -1.49. The number of amides is 1. The molecule has 2 unspecified atom stereocenters. The predicted molar refractivity (Wildman–Crippen MR) is 114 cm³/mol. The maximum absolute atomic E-state index is 15.5. The molecule has 0 fully saturated rings. The van der Waals surface area contributed by atoms with Crippen LogP contribution in [0.1, 0.15) is 24.0 Å². The molecule has 2 aromatic carbocycles. The van der Waals surface area contributed by atoms with Gasteiger partial charge in [0.25, 0.3) is 11.6 Å². The Labute approximate surface area is 201 Å². The van der Waals surface area contributed by atoms with E-state index in [9.17, 15) is 36.4 Å². The molecule has 0 saturated carbocycles. The molecule has 2 atom stereocenters. The summed E-state index contributed by atoms with van der Waals surface area (Å²) >= 11 is 0. The molecule has 0 spiro atoms. The van der Waals surface area contributed by atoms with E-state index in [4.69, 9.17) is 9.47 Å². The van der Waals surface area contributed by atoms with E-state index in [1.165, 1.54) is 31.4 Å². The molecule has 192 valence electrons. The van der Waals surface area contributed by atoms with E-state index in [1.54, 1.807) is 5.32 Å². The quantitative estimate of drug-likeness (QED) is 0.383. The first kappa shape index (κ1) is 26.8. The Morgan fingerprint density at radius 2 is 1.56 bits per heavy atom.